The molecule has 80 valence electrons. The largest absolute Gasteiger partial charge is 0.393 e. The van der Waals surface area contributed by atoms with E-state index in [0.29, 0.717) is 0 Å². The molecular formula is C11H25NO. The minimum Gasteiger partial charge on any atom is -0.393 e. The third-order valence-electron chi connectivity index (χ3n) is 2.23. The van der Waals surface area contributed by atoms with Gasteiger partial charge < -0.3 is 10.4 Å². The van der Waals surface area contributed by atoms with Gasteiger partial charge in [-0.15, -0.1) is 0 Å². The first-order valence-corrected chi connectivity index (χ1v) is 5.70. The summed E-state index contributed by atoms with van der Waals surface area (Å²) in [5.74, 6) is 0. The van der Waals surface area contributed by atoms with E-state index >= 15 is 0 Å². The van der Waals surface area contributed by atoms with Crippen LogP contribution in [0.15, 0.2) is 0 Å². The summed E-state index contributed by atoms with van der Waals surface area (Å²) in [7, 11) is 0. The highest BCUT2D eigenvalue weighted by molar-refractivity contribution is 4.57. The third kappa shape index (κ3) is 9.84. The zero-order chi connectivity index (χ0) is 9.94. The minimum absolute atomic E-state index is 0.0938. The second-order valence-electron chi connectivity index (χ2n) is 3.69. The van der Waals surface area contributed by atoms with Crippen molar-refractivity contribution >= 4 is 0 Å². The molecule has 0 rings (SSSR count). The van der Waals surface area contributed by atoms with E-state index in [1.165, 1.54) is 19.3 Å². The Morgan fingerprint density at radius 3 is 2.38 bits per heavy atom. The van der Waals surface area contributed by atoms with Gasteiger partial charge in [-0.05, 0) is 32.4 Å². The molecule has 0 heterocycles. The molecule has 1 atom stereocenters. The Labute approximate surface area is 82.7 Å². The fraction of sp³-hybridized carbons (Fsp3) is 1.00. The van der Waals surface area contributed by atoms with Crippen LogP contribution in [0.1, 0.15) is 52.4 Å². The van der Waals surface area contributed by atoms with Gasteiger partial charge in [0.05, 0.1) is 6.10 Å². The maximum atomic E-state index is 9.41. The highest BCUT2D eigenvalue weighted by Gasteiger charge is 2.00. The molecule has 0 aliphatic rings. The van der Waals surface area contributed by atoms with Crippen molar-refractivity contribution in [2.75, 3.05) is 13.1 Å². The number of unbranched alkanes of at least 4 members (excludes halogenated alkanes) is 2. The van der Waals surface area contributed by atoms with Gasteiger partial charge in [0.15, 0.2) is 0 Å². The molecule has 0 aromatic carbocycles. The van der Waals surface area contributed by atoms with Crippen LogP contribution in [-0.4, -0.2) is 24.3 Å². The Balaban J connectivity index is 2.97. The molecule has 2 heteroatoms. The quantitative estimate of drug-likeness (QED) is 0.543. The van der Waals surface area contributed by atoms with E-state index in [9.17, 15) is 5.11 Å². The molecule has 0 bridgehead atoms. The van der Waals surface area contributed by atoms with Crippen molar-refractivity contribution in [3.05, 3.63) is 0 Å². The van der Waals surface area contributed by atoms with Crippen LogP contribution >= 0.6 is 0 Å². The van der Waals surface area contributed by atoms with Crippen LogP contribution < -0.4 is 5.32 Å². The smallest absolute Gasteiger partial charge is 0.0552 e. The lowest BCUT2D eigenvalue weighted by molar-refractivity contribution is 0.153. The lowest BCUT2D eigenvalue weighted by Gasteiger charge is -2.09. The second kappa shape index (κ2) is 10.0. The first-order valence-electron chi connectivity index (χ1n) is 5.70. The Morgan fingerprint density at radius 1 is 1.00 bits per heavy atom. The molecule has 2 nitrogen and oxygen atoms in total. The van der Waals surface area contributed by atoms with Crippen LogP contribution in [-0.2, 0) is 0 Å². The Bertz CT molecular complexity index is 96.1. The van der Waals surface area contributed by atoms with Crippen molar-refractivity contribution in [3.63, 3.8) is 0 Å². The average Bonchev–Trinajstić information content (AvgIpc) is 2.11. The molecule has 0 spiro atoms. The van der Waals surface area contributed by atoms with Crippen LogP contribution in [0.5, 0.6) is 0 Å². The molecular weight excluding hydrogens is 162 g/mol. The summed E-state index contributed by atoms with van der Waals surface area (Å²) in [5, 5.41) is 12.8. The molecule has 0 saturated carbocycles. The van der Waals surface area contributed by atoms with Crippen molar-refractivity contribution in [2.24, 2.45) is 0 Å². The predicted molar refractivity (Wildman–Crippen MR) is 57.9 cm³/mol. The van der Waals surface area contributed by atoms with Gasteiger partial charge in [0, 0.05) is 0 Å². The molecule has 0 radical (unpaired) electrons. The van der Waals surface area contributed by atoms with Crippen LogP contribution in [0.4, 0.5) is 0 Å². The molecule has 0 fully saturated rings. The minimum atomic E-state index is -0.0938. The van der Waals surface area contributed by atoms with E-state index in [0.717, 1.165) is 32.4 Å². The summed E-state index contributed by atoms with van der Waals surface area (Å²) in [5.41, 5.74) is 0. The number of aliphatic hydroxyl groups excluding tert-OH is 1. The van der Waals surface area contributed by atoms with Gasteiger partial charge in [0.2, 0.25) is 0 Å². The molecule has 0 aromatic heterocycles. The molecule has 0 aliphatic heterocycles. The van der Waals surface area contributed by atoms with E-state index in [1.807, 2.05) is 0 Å². The Morgan fingerprint density at radius 2 is 1.77 bits per heavy atom. The summed E-state index contributed by atoms with van der Waals surface area (Å²) in [6.07, 6.45) is 6.68. The van der Waals surface area contributed by atoms with Gasteiger partial charge in [-0.2, -0.15) is 0 Å². The molecule has 0 saturated heterocycles. The summed E-state index contributed by atoms with van der Waals surface area (Å²) in [6.45, 7) is 6.39. The Kier molecular flexibility index (Phi) is 9.94. The van der Waals surface area contributed by atoms with Gasteiger partial charge >= 0.3 is 0 Å². The summed E-state index contributed by atoms with van der Waals surface area (Å²) >= 11 is 0. The zero-order valence-electron chi connectivity index (χ0n) is 9.18. The normalized spacial score (nSPS) is 13.2. The van der Waals surface area contributed by atoms with E-state index in [4.69, 9.17) is 0 Å². The van der Waals surface area contributed by atoms with Gasteiger partial charge in [0.1, 0.15) is 0 Å². The number of rotatable bonds is 9. The van der Waals surface area contributed by atoms with Crippen LogP contribution in [0, 0.1) is 0 Å². The van der Waals surface area contributed by atoms with Crippen LogP contribution in [0.3, 0.4) is 0 Å². The highest BCUT2D eigenvalue weighted by atomic mass is 16.3. The van der Waals surface area contributed by atoms with Crippen molar-refractivity contribution < 1.29 is 5.11 Å². The predicted octanol–water partition coefficient (Wildman–Crippen LogP) is 2.32. The van der Waals surface area contributed by atoms with Gasteiger partial charge in [0.25, 0.3) is 0 Å². The fourth-order valence-corrected chi connectivity index (χ4v) is 1.37. The average molecular weight is 187 g/mol. The molecule has 2 N–H and O–H groups in total. The number of aliphatic hydroxyl groups is 1. The SMILES string of the molecule is CCCCCNCCC(O)CCC. The fourth-order valence-electron chi connectivity index (χ4n) is 1.37. The van der Waals surface area contributed by atoms with Crippen molar-refractivity contribution in [3.8, 4) is 0 Å². The molecule has 0 aromatic rings. The summed E-state index contributed by atoms with van der Waals surface area (Å²) in [4.78, 5) is 0. The van der Waals surface area contributed by atoms with Crippen LogP contribution in [0.2, 0.25) is 0 Å². The highest BCUT2D eigenvalue weighted by Crippen LogP contribution is 1.99. The Hall–Kier alpha value is -0.0800. The maximum absolute atomic E-state index is 9.41. The number of hydrogen-bond acceptors (Lipinski definition) is 2. The second-order valence-corrected chi connectivity index (χ2v) is 3.69. The standard InChI is InChI=1S/C11H25NO/c1-3-5-6-9-12-10-8-11(13)7-4-2/h11-13H,3-10H2,1-2H3. The van der Waals surface area contributed by atoms with Crippen molar-refractivity contribution in [1.82, 2.24) is 5.32 Å². The molecule has 0 aliphatic carbocycles. The molecule has 0 amide bonds. The molecule has 13 heavy (non-hydrogen) atoms. The van der Waals surface area contributed by atoms with Crippen molar-refractivity contribution in [1.29, 1.82) is 0 Å². The van der Waals surface area contributed by atoms with Gasteiger partial charge in [-0.25, -0.2) is 0 Å². The topological polar surface area (TPSA) is 32.3 Å². The summed E-state index contributed by atoms with van der Waals surface area (Å²) in [6, 6.07) is 0. The lowest BCUT2D eigenvalue weighted by Crippen LogP contribution is -2.21. The third-order valence-corrected chi connectivity index (χ3v) is 2.23. The van der Waals surface area contributed by atoms with Gasteiger partial charge in [-0.3, -0.25) is 0 Å². The van der Waals surface area contributed by atoms with Crippen LogP contribution in [0.25, 0.3) is 0 Å². The maximum Gasteiger partial charge on any atom is 0.0552 e. The first kappa shape index (κ1) is 12.9. The zero-order valence-corrected chi connectivity index (χ0v) is 9.18. The lowest BCUT2D eigenvalue weighted by atomic mass is 10.1. The van der Waals surface area contributed by atoms with Gasteiger partial charge in [-0.1, -0.05) is 33.1 Å². The van der Waals surface area contributed by atoms with E-state index in [-0.39, 0.29) is 6.10 Å². The van der Waals surface area contributed by atoms with E-state index in [1.54, 1.807) is 0 Å². The molecule has 1 unspecified atom stereocenters. The van der Waals surface area contributed by atoms with E-state index in [2.05, 4.69) is 19.2 Å². The number of nitrogens with one attached hydrogen (secondary N) is 1. The summed E-state index contributed by atoms with van der Waals surface area (Å²) < 4.78 is 0. The van der Waals surface area contributed by atoms with E-state index < -0.39 is 0 Å². The first-order chi connectivity index (χ1) is 6.31. The van der Waals surface area contributed by atoms with Crippen molar-refractivity contribution in [2.45, 2.75) is 58.5 Å². The number of hydrogen-bond donors (Lipinski definition) is 2. The monoisotopic (exact) mass is 187 g/mol.